The van der Waals surface area contributed by atoms with Gasteiger partial charge in [0.15, 0.2) is 0 Å². The SMILES string of the molecule is [2H]c1cc([2H])c(C([2H])([2H])C([2H])([2H])C([2H])([2H])C([2H])([2H])OC([2H])([2H])C([2H])([2H])C([2H])([2H])C([2H])([2H])C([2H])([2H])C([2H])([2H])NC([2H])([2H])C([2H])(O)c2c([2H])c([2H])c(O)c(CO)c2[2H])c([2H])c1. The van der Waals surface area contributed by atoms with E-state index in [2.05, 4.69) is 4.74 Å². The van der Waals surface area contributed by atoms with E-state index >= 15 is 0 Å². The zero-order valence-electron chi connectivity index (χ0n) is 44.1. The van der Waals surface area contributed by atoms with Crippen molar-refractivity contribution >= 4 is 0 Å². The van der Waals surface area contributed by atoms with Gasteiger partial charge in [-0.15, -0.1) is 0 Å². The van der Waals surface area contributed by atoms with Gasteiger partial charge in [-0.25, -0.2) is 0 Å². The Labute approximate surface area is 221 Å². The molecular weight excluding hydrogens is 378 g/mol. The van der Waals surface area contributed by atoms with Crippen molar-refractivity contribution in [1.82, 2.24) is 5.32 Å². The third-order valence-corrected chi connectivity index (χ3v) is 2.81. The van der Waals surface area contributed by atoms with Crippen LogP contribution in [0.4, 0.5) is 0 Å². The maximum absolute atomic E-state index is 10.9. The fraction of sp³-hybridized carbons (Fsp3) is 0.520. The second-order valence-electron chi connectivity index (χ2n) is 4.76. The average molecular weight is 445 g/mol. The van der Waals surface area contributed by atoms with E-state index in [9.17, 15) is 15.3 Å². The van der Waals surface area contributed by atoms with E-state index in [1.165, 1.54) is 0 Å². The highest BCUT2D eigenvalue weighted by Gasteiger charge is 2.09. The quantitative estimate of drug-likeness (QED) is 0.313. The normalized spacial score (nSPS) is 32.7. The molecule has 5 nitrogen and oxygen atoms in total. The molecule has 30 heavy (non-hydrogen) atoms. The molecule has 4 N–H and O–H groups in total. The van der Waals surface area contributed by atoms with Crippen molar-refractivity contribution in [1.29, 1.82) is 0 Å². The summed E-state index contributed by atoms with van der Waals surface area (Å²) in [5.41, 5.74) is -3.69. The van der Waals surface area contributed by atoms with Gasteiger partial charge in [0.1, 0.15) is 5.75 Å². The summed E-state index contributed by atoms with van der Waals surface area (Å²) in [6.45, 7) is -19.5. The lowest BCUT2D eigenvalue weighted by Gasteiger charge is -2.14. The molecule has 0 heterocycles. The number of aliphatic hydroxyl groups excluding tert-OH is 1. The smallest absolute Gasteiger partial charge is 0.121 e. The summed E-state index contributed by atoms with van der Waals surface area (Å²) < 4.78 is 241. The van der Waals surface area contributed by atoms with E-state index < -0.39 is 142 Å². The lowest BCUT2D eigenvalue weighted by molar-refractivity contribution is 0.126. The Morgan fingerprint density at radius 3 is 2.53 bits per heavy atom. The van der Waals surface area contributed by atoms with E-state index in [1.807, 2.05) is 0 Å². The number of aromatic hydroxyl groups is 1. The van der Waals surface area contributed by atoms with Crippen LogP contribution in [0, 0.1) is 0 Å². The molecule has 0 aliphatic rings. The zero-order chi connectivity index (χ0) is 47.3. The molecule has 0 fully saturated rings. The maximum Gasteiger partial charge on any atom is 0.121 e. The molecule has 0 aromatic heterocycles. The summed E-state index contributed by atoms with van der Waals surface area (Å²) in [7, 11) is 0. The van der Waals surface area contributed by atoms with Gasteiger partial charge in [0, 0.05) is 49.9 Å². The van der Waals surface area contributed by atoms with Crippen molar-refractivity contribution in [2.45, 2.75) is 57.3 Å². The molecule has 0 bridgehead atoms. The lowest BCUT2D eigenvalue weighted by Crippen LogP contribution is -2.22. The molecule has 0 amide bonds. The second-order valence-corrected chi connectivity index (χ2v) is 4.76. The standard InChI is InChI=1S/C25H37NO4/c27-20-23-18-22(13-14-24(23)28)25(29)19-26-15-7-1-2-8-16-30-17-9-6-12-21-10-4-3-5-11-21/h3-5,10-11,13-14,18,25-29H,1-2,6-9,12,15-17,19-20H2/i1D2,2D2,3D,6D2,7D2,8D2,9D2,10D,11D,12D2,13D,14D,15D2,16D2,17D2,18D,19D2,25D. The summed E-state index contributed by atoms with van der Waals surface area (Å²) in [6.07, 6.45) is -36.3. The van der Waals surface area contributed by atoms with Crippen LogP contribution >= 0.6 is 0 Å². The van der Waals surface area contributed by atoms with Crippen LogP contribution in [-0.4, -0.2) is 41.4 Å². The molecule has 0 radical (unpaired) electrons. The Morgan fingerprint density at radius 1 is 1.03 bits per heavy atom. The summed E-state index contributed by atoms with van der Waals surface area (Å²) in [5, 5.41) is 31.5. The van der Waals surface area contributed by atoms with Gasteiger partial charge in [0.25, 0.3) is 0 Å². The van der Waals surface area contributed by atoms with E-state index in [4.69, 9.17) is 39.8 Å². The fourth-order valence-electron chi connectivity index (χ4n) is 1.55. The van der Waals surface area contributed by atoms with Crippen LogP contribution < -0.4 is 5.32 Å². The average Bonchev–Trinajstić information content (AvgIpc) is 3.01. The number of phenols is 1. The van der Waals surface area contributed by atoms with Crippen molar-refractivity contribution in [3.05, 3.63) is 65.1 Å². The van der Waals surface area contributed by atoms with Gasteiger partial charge >= 0.3 is 0 Å². The van der Waals surface area contributed by atoms with E-state index in [0.717, 1.165) is 5.32 Å². The van der Waals surface area contributed by atoms with Gasteiger partial charge in [-0.05, 0) is 61.6 Å². The zero-order valence-corrected chi connectivity index (χ0v) is 15.1. The van der Waals surface area contributed by atoms with Gasteiger partial charge in [-0.2, -0.15) is 0 Å². The molecular formula is C25H37NO4. The molecule has 166 valence electrons. The van der Waals surface area contributed by atoms with Crippen LogP contribution in [0.5, 0.6) is 5.75 Å². The molecule has 0 aliphatic carbocycles. The Bertz CT molecular complexity index is 1900. The van der Waals surface area contributed by atoms with Crippen molar-refractivity contribution < 1.29 is 59.8 Å². The number of rotatable bonds is 16. The highest BCUT2D eigenvalue weighted by Crippen LogP contribution is 2.22. The van der Waals surface area contributed by atoms with Crippen LogP contribution in [0.1, 0.15) is 101 Å². The van der Waals surface area contributed by atoms with Crippen LogP contribution in [0.3, 0.4) is 0 Å². The summed E-state index contributed by atoms with van der Waals surface area (Å²) >= 11 is 0. The van der Waals surface area contributed by atoms with Crippen LogP contribution in [0.25, 0.3) is 0 Å². The third kappa shape index (κ3) is 9.72. The minimum Gasteiger partial charge on any atom is -0.508 e. The Balaban J connectivity index is 2.67. The van der Waals surface area contributed by atoms with E-state index in [1.54, 1.807) is 0 Å². The summed E-state index contributed by atoms with van der Waals surface area (Å²) in [4.78, 5) is 0. The Hall–Kier alpha value is -1.92. The molecule has 0 saturated carbocycles. The molecule has 0 spiro atoms. The van der Waals surface area contributed by atoms with Gasteiger partial charge in [-0.3, -0.25) is 0 Å². The number of hydrogen-bond acceptors (Lipinski definition) is 5. The Kier molecular flexibility index (Phi) is 3.05. The minimum atomic E-state index is -4.89. The topological polar surface area (TPSA) is 82.0 Å². The van der Waals surface area contributed by atoms with Gasteiger partial charge in [0.05, 0.1) is 27.8 Å². The molecule has 0 saturated heterocycles. The van der Waals surface area contributed by atoms with Crippen molar-refractivity contribution in [2.75, 3.05) is 26.1 Å². The predicted octanol–water partition coefficient (Wildman–Crippen LogP) is 4.11. The summed E-state index contributed by atoms with van der Waals surface area (Å²) in [6, 6.07) is -5.38. The first-order valence-corrected chi connectivity index (χ1v) is 7.93. The highest BCUT2D eigenvalue weighted by atomic mass is 16.5. The molecule has 1 unspecified atom stereocenters. The largest absolute Gasteiger partial charge is 0.508 e. The number of hydrogen-bond donors (Lipinski definition) is 4. The number of benzene rings is 2. The molecule has 5 heteroatoms. The van der Waals surface area contributed by atoms with Gasteiger partial charge in [0.2, 0.25) is 0 Å². The molecule has 1 atom stereocenters. The van der Waals surface area contributed by atoms with Crippen LogP contribution in [-0.2, 0) is 17.7 Å². The first-order chi connectivity index (χ1) is 25.7. The monoisotopic (exact) mass is 444 g/mol. The second kappa shape index (κ2) is 15.0. The summed E-state index contributed by atoms with van der Waals surface area (Å²) in [5.74, 6) is -1.21. The van der Waals surface area contributed by atoms with E-state index in [-0.39, 0.29) is 0 Å². The fourth-order valence-corrected chi connectivity index (χ4v) is 1.55. The minimum absolute atomic E-state index is 0.531. The number of nitrogens with one attached hydrogen (secondary N) is 1. The van der Waals surface area contributed by atoms with E-state index in [0.29, 0.717) is 12.1 Å². The third-order valence-electron chi connectivity index (χ3n) is 2.81. The number of aliphatic hydroxyl groups is 2. The highest BCUT2D eigenvalue weighted by molar-refractivity contribution is 5.36. The Morgan fingerprint density at radius 2 is 1.77 bits per heavy atom. The first kappa shape index (κ1) is 6.10. The predicted molar refractivity (Wildman–Crippen MR) is 121 cm³/mol. The molecule has 0 aliphatic heterocycles. The van der Waals surface area contributed by atoms with Crippen molar-refractivity contribution in [2.24, 2.45) is 0 Å². The van der Waals surface area contributed by atoms with Crippen LogP contribution in [0.2, 0.25) is 0 Å². The maximum atomic E-state index is 10.9. The lowest BCUT2D eigenvalue weighted by atomic mass is 10.1. The van der Waals surface area contributed by atoms with Crippen molar-refractivity contribution in [3.63, 3.8) is 0 Å². The van der Waals surface area contributed by atoms with Crippen molar-refractivity contribution in [3.8, 4) is 5.75 Å². The van der Waals surface area contributed by atoms with Gasteiger partial charge in [-0.1, -0.05) is 49.0 Å². The molecule has 2 rings (SSSR count). The first-order valence-electron chi connectivity index (χ1n) is 22.4. The number of ether oxygens (including phenoxy) is 1. The van der Waals surface area contributed by atoms with Gasteiger partial charge < -0.3 is 25.4 Å². The molecule has 2 aromatic carbocycles. The van der Waals surface area contributed by atoms with Crippen LogP contribution in [0.15, 0.2) is 48.4 Å². The molecule has 2 aromatic rings.